The van der Waals surface area contributed by atoms with Gasteiger partial charge in [-0.1, -0.05) is 18.5 Å². The van der Waals surface area contributed by atoms with Gasteiger partial charge in [0.2, 0.25) is 0 Å². The highest BCUT2D eigenvalue weighted by molar-refractivity contribution is 6.32. The molecule has 7 heteroatoms. The highest BCUT2D eigenvalue weighted by atomic mass is 35.5. The number of nitro benzene ring substituents is 1. The minimum absolute atomic E-state index is 0.0908. The van der Waals surface area contributed by atoms with Crippen LogP contribution in [0.3, 0.4) is 0 Å². The molecule has 0 fully saturated rings. The van der Waals surface area contributed by atoms with Crippen LogP contribution in [-0.4, -0.2) is 9.91 Å². The summed E-state index contributed by atoms with van der Waals surface area (Å²) in [6.07, 6.45) is 2.30. The number of ether oxygens (including phenoxy) is 1. The van der Waals surface area contributed by atoms with Gasteiger partial charge in [-0.2, -0.15) is 0 Å². The molecular formula is C14H14ClN3O3. The van der Waals surface area contributed by atoms with Gasteiger partial charge in [0, 0.05) is 12.1 Å². The molecule has 2 rings (SSSR count). The summed E-state index contributed by atoms with van der Waals surface area (Å²) in [6.45, 7) is 1.97. The highest BCUT2D eigenvalue weighted by Gasteiger charge is 2.12. The Balaban J connectivity index is 2.22. The molecule has 0 aliphatic carbocycles. The van der Waals surface area contributed by atoms with E-state index in [0.29, 0.717) is 5.75 Å². The van der Waals surface area contributed by atoms with E-state index in [-0.39, 0.29) is 22.5 Å². The van der Waals surface area contributed by atoms with Crippen LogP contribution in [0.5, 0.6) is 11.5 Å². The average molecular weight is 308 g/mol. The molecule has 1 aromatic heterocycles. The maximum atomic E-state index is 10.8. The fraction of sp³-hybridized carbons (Fsp3) is 0.214. The first-order valence-corrected chi connectivity index (χ1v) is 6.72. The van der Waals surface area contributed by atoms with Crippen molar-refractivity contribution in [3.05, 3.63) is 57.4 Å². The van der Waals surface area contributed by atoms with Crippen LogP contribution in [0.1, 0.15) is 25.1 Å². The number of aromatic nitrogens is 1. The van der Waals surface area contributed by atoms with Crippen LogP contribution < -0.4 is 10.5 Å². The SMILES string of the molecule is CCC(N)c1ccc(Oc2cc([N+](=O)[O-])ccc2Cl)cn1. The van der Waals surface area contributed by atoms with Crippen LogP contribution in [0.15, 0.2) is 36.5 Å². The molecule has 0 bridgehead atoms. The molecule has 0 amide bonds. The van der Waals surface area contributed by atoms with Gasteiger partial charge in [0.15, 0.2) is 5.75 Å². The third kappa shape index (κ3) is 3.68. The highest BCUT2D eigenvalue weighted by Crippen LogP contribution is 2.32. The molecule has 1 heterocycles. The van der Waals surface area contributed by atoms with E-state index in [9.17, 15) is 10.1 Å². The van der Waals surface area contributed by atoms with Crippen LogP contribution in [0.25, 0.3) is 0 Å². The largest absolute Gasteiger partial charge is 0.454 e. The van der Waals surface area contributed by atoms with Crippen molar-refractivity contribution in [3.63, 3.8) is 0 Å². The molecule has 0 saturated heterocycles. The molecule has 0 spiro atoms. The van der Waals surface area contributed by atoms with Gasteiger partial charge in [0.1, 0.15) is 5.75 Å². The summed E-state index contributed by atoms with van der Waals surface area (Å²) in [5.74, 6) is 0.643. The van der Waals surface area contributed by atoms with Crippen molar-refractivity contribution < 1.29 is 9.66 Å². The Kier molecular flexibility index (Phi) is 4.72. The molecular weight excluding hydrogens is 294 g/mol. The van der Waals surface area contributed by atoms with Crippen molar-refractivity contribution >= 4 is 17.3 Å². The summed E-state index contributed by atoms with van der Waals surface area (Å²) in [7, 11) is 0. The molecule has 6 nitrogen and oxygen atoms in total. The zero-order valence-electron chi connectivity index (χ0n) is 11.3. The molecule has 1 atom stereocenters. The lowest BCUT2D eigenvalue weighted by Crippen LogP contribution is -2.10. The van der Waals surface area contributed by atoms with E-state index in [2.05, 4.69) is 4.98 Å². The van der Waals surface area contributed by atoms with E-state index >= 15 is 0 Å². The normalized spacial score (nSPS) is 12.0. The Hall–Kier alpha value is -2.18. The van der Waals surface area contributed by atoms with E-state index in [4.69, 9.17) is 22.1 Å². The topological polar surface area (TPSA) is 91.3 Å². The Morgan fingerprint density at radius 1 is 1.43 bits per heavy atom. The van der Waals surface area contributed by atoms with Crippen molar-refractivity contribution in [2.75, 3.05) is 0 Å². The Labute approximate surface area is 126 Å². The van der Waals surface area contributed by atoms with E-state index in [1.807, 2.05) is 6.92 Å². The molecule has 1 unspecified atom stereocenters. The second-order valence-electron chi connectivity index (χ2n) is 4.41. The van der Waals surface area contributed by atoms with Crippen molar-refractivity contribution in [2.45, 2.75) is 19.4 Å². The fourth-order valence-electron chi connectivity index (χ4n) is 1.69. The van der Waals surface area contributed by atoms with E-state index in [0.717, 1.165) is 12.1 Å². The maximum absolute atomic E-state index is 10.8. The summed E-state index contributed by atoms with van der Waals surface area (Å²) < 4.78 is 5.53. The van der Waals surface area contributed by atoms with Crippen molar-refractivity contribution in [1.82, 2.24) is 4.98 Å². The number of halogens is 1. The zero-order chi connectivity index (χ0) is 15.4. The molecule has 2 N–H and O–H groups in total. The lowest BCUT2D eigenvalue weighted by atomic mass is 10.1. The van der Waals surface area contributed by atoms with Crippen molar-refractivity contribution in [2.24, 2.45) is 5.73 Å². The Bertz CT molecular complexity index is 646. The zero-order valence-corrected chi connectivity index (χ0v) is 12.1. The summed E-state index contributed by atoms with van der Waals surface area (Å²) in [4.78, 5) is 14.4. The second-order valence-corrected chi connectivity index (χ2v) is 4.81. The molecule has 2 aromatic rings. The molecule has 0 aliphatic heterocycles. The number of hydrogen-bond acceptors (Lipinski definition) is 5. The van der Waals surface area contributed by atoms with Crippen molar-refractivity contribution in [3.8, 4) is 11.5 Å². The van der Waals surface area contributed by atoms with Gasteiger partial charge in [-0.25, -0.2) is 0 Å². The summed E-state index contributed by atoms with van der Waals surface area (Å²) in [5, 5.41) is 11.0. The number of non-ortho nitro benzene ring substituents is 1. The predicted octanol–water partition coefficient (Wildman–Crippen LogP) is 3.85. The predicted molar refractivity (Wildman–Crippen MR) is 79.6 cm³/mol. The summed E-state index contributed by atoms with van der Waals surface area (Å²) in [6, 6.07) is 7.34. The molecule has 21 heavy (non-hydrogen) atoms. The van der Waals surface area contributed by atoms with Gasteiger partial charge in [-0.05, 0) is 24.6 Å². The first-order valence-electron chi connectivity index (χ1n) is 6.34. The first-order chi connectivity index (χ1) is 10.0. The molecule has 110 valence electrons. The lowest BCUT2D eigenvalue weighted by Gasteiger charge is -2.10. The van der Waals surface area contributed by atoms with Gasteiger partial charge in [0.25, 0.3) is 5.69 Å². The number of nitrogens with zero attached hydrogens (tertiary/aromatic N) is 2. The number of nitrogens with two attached hydrogens (primary N) is 1. The summed E-state index contributed by atoms with van der Waals surface area (Å²) >= 11 is 5.97. The standard InChI is InChI=1S/C14H14ClN3O3/c1-2-12(16)13-6-4-10(8-17-13)21-14-7-9(18(19)20)3-5-11(14)15/h3-8,12H,2,16H2,1H3. The van der Waals surface area contributed by atoms with Crippen LogP contribution in [0, 0.1) is 10.1 Å². The number of pyridine rings is 1. The molecule has 0 aliphatic rings. The van der Waals surface area contributed by atoms with Crippen LogP contribution in [0.2, 0.25) is 5.02 Å². The first kappa shape index (κ1) is 15.2. The minimum Gasteiger partial charge on any atom is -0.454 e. The van der Waals surface area contributed by atoms with Crippen molar-refractivity contribution in [1.29, 1.82) is 0 Å². The van der Waals surface area contributed by atoms with Gasteiger partial charge in [0.05, 0.1) is 27.9 Å². The Morgan fingerprint density at radius 3 is 2.76 bits per heavy atom. The Morgan fingerprint density at radius 2 is 2.19 bits per heavy atom. The number of hydrogen-bond donors (Lipinski definition) is 1. The third-order valence-electron chi connectivity index (χ3n) is 2.93. The number of nitro groups is 1. The van der Waals surface area contributed by atoms with E-state index in [1.165, 1.54) is 24.4 Å². The molecule has 0 saturated carbocycles. The van der Waals surface area contributed by atoms with Gasteiger partial charge in [-0.3, -0.25) is 15.1 Å². The third-order valence-corrected chi connectivity index (χ3v) is 3.24. The minimum atomic E-state index is -0.509. The average Bonchev–Trinajstić information content (AvgIpc) is 2.49. The van der Waals surface area contributed by atoms with Crippen LogP contribution in [0.4, 0.5) is 5.69 Å². The fourth-order valence-corrected chi connectivity index (χ4v) is 1.85. The maximum Gasteiger partial charge on any atom is 0.273 e. The molecule has 0 radical (unpaired) electrons. The monoisotopic (exact) mass is 307 g/mol. The van der Waals surface area contributed by atoms with Crippen LogP contribution in [-0.2, 0) is 0 Å². The van der Waals surface area contributed by atoms with Gasteiger partial charge < -0.3 is 10.5 Å². The lowest BCUT2D eigenvalue weighted by molar-refractivity contribution is -0.384. The number of rotatable bonds is 5. The second kappa shape index (κ2) is 6.51. The van der Waals surface area contributed by atoms with E-state index in [1.54, 1.807) is 12.1 Å². The number of benzene rings is 1. The van der Waals surface area contributed by atoms with Gasteiger partial charge >= 0.3 is 0 Å². The van der Waals surface area contributed by atoms with Gasteiger partial charge in [-0.15, -0.1) is 0 Å². The quantitative estimate of drug-likeness (QED) is 0.669. The summed E-state index contributed by atoms with van der Waals surface area (Å²) in [5.41, 5.74) is 6.54. The van der Waals surface area contributed by atoms with E-state index < -0.39 is 4.92 Å². The smallest absolute Gasteiger partial charge is 0.273 e. The van der Waals surface area contributed by atoms with Crippen LogP contribution >= 0.6 is 11.6 Å². The molecule has 1 aromatic carbocycles.